The number of sulfonamides is 1. The number of nitrogens with one attached hydrogen (secondary N) is 2. The number of amides is 1. The molecular weight excluding hydrogens is 348 g/mol. The summed E-state index contributed by atoms with van der Waals surface area (Å²) in [6, 6.07) is 12.5. The first-order chi connectivity index (χ1) is 11.3. The summed E-state index contributed by atoms with van der Waals surface area (Å²) in [6.45, 7) is 3.86. The summed E-state index contributed by atoms with van der Waals surface area (Å²) in [5, 5.41) is 3.00. The minimum atomic E-state index is -3.70. The minimum Gasteiger partial charge on any atom is -0.350 e. The molecule has 0 saturated carbocycles. The molecule has 0 unspecified atom stereocenters. The van der Waals surface area contributed by atoms with Gasteiger partial charge in [0.1, 0.15) is 0 Å². The van der Waals surface area contributed by atoms with Crippen LogP contribution < -0.4 is 10.0 Å². The number of carbonyl (C=O) groups is 1. The number of halogens is 1. The van der Waals surface area contributed by atoms with Gasteiger partial charge >= 0.3 is 0 Å². The van der Waals surface area contributed by atoms with Crippen LogP contribution in [0.25, 0.3) is 0 Å². The Hall–Kier alpha value is -2.05. The van der Waals surface area contributed by atoms with E-state index in [-0.39, 0.29) is 21.9 Å². The predicted octanol–water partition coefficient (Wildman–Crippen LogP) is 3.67. The van der Waals surface area contributed by atoms with Gasteiger partial charge in [0.2, 0.25) is 0 Å². The van der Waals surface area contributed by atoms with Crippen molar-refractivity contribution in [1.29, 1.82) is 0 Å². The molecule has 2 N–H and O–H groups in total. The van der Waals surface area contributed by atoms with Gasteiger partial charge in [0.05, 0.1) is 21.2 Å². The second-order valence-electron chi connectivity index (χ2n) is 5.40. The first-order valence-corrected chi connectivity index (χ1v) is 9.38. The largest absolute Gasteiger partial charge is 0.350 e. The van der Waals surface area contributed by atoms with E-state index in [0.717, 1.165) is 6.42 Å². The maximum atomic E-state index is 12.3. The third-order valence-corrected chi connectivity index (χ3v) is 5.22. The van der Waals surface area contributed by atoms with Gasteiger partial charge in [0.25, 0.3) is 15.9 Å². The molecule has 0 saturated heterocycles. The van der Waals surface area contributed by atoms with Crippen molar-refractivity contribution < 1.29 is 13.2 Å². The Morgan fingerprint density at radius 2 is 1.83 bits per heavy atom. The zero-order valence-electron chi connectivity index (χ0n) is 13.4. The van der Waals surface area contributed by atoms with Crippen molar-refractivity contribution in [3.8, 4) is 0 Å². The molecule has 128 valence electrons. The van der Waals surface area contributed by atoms with E-state index in [2.05, 4.69) is 10.0 Å². The number of carbonyl (C=O) groups excluding carboxylic acids is 1. The van der Waals surface area contributed by atoms with Crippen molar-refractivity contribution >= 4 is 33.2 Å². The van der Waals surface area contributed by atoms with Crippen molar-refractivity contribution in [2.24, 2.45) is 0 Å². The van der Waals surface area contributed by atoms with Crippen molar-refractivity contribution in [3.63, 3.8) is 0 Å². The van der Waals surface area contributed by atoms with E-state index in [0.29, 0.717) is 11.3 Å². The number of anilines is 1. The Labute approximate surface area is 147 Å². The van der Waals surface area contributed by atoms with E-state index in [1.54, 1.807) is 18.2 Å². The van der Waals surface area contributed by atoms with Gasteiger partial charge in [-0.25, -0.2) is 8.42 Å². The van der Waals surface area contributed by atoms with Gasteiger partial charge in [0, 0.05) is 6.04 Å². The van der Waals surface area contributed by atoms with Crippen LogP contribution in [0.4, 0.5) is 5.69 Å². The molecule has 0 spiro atoms. The molecule has 0 aromatic heterocycles. The molecule has 0 aliphatic carbocycles. The van der Waals surface area contributed by atoms with Crippen LogP contribution in [0.5, 0.6) is 0 Å². The highest BCUT2D eigenvalue weighted by molar-refractivity contribution is 7.92. The molecule has 0 aliphatic heterocycles. The Kier molecular flexibility index (Phi) is 5.85. The van der Waals surface area contributed by atoms with Gasteiger partial charge in [-0.15, -0.1) is 0 Å². The molecule has 2 rings (SSSR count). The zero-order valence-corrected chi connectivity index (χ0v) is 15.0. The van der Waals surface area contributed by atoms with E-state index < -0.39 is 10.0 Å². The molecule has 2 aromatic carbocycles. The molecule has 0 fully saturated rings. The van der Waals surface area contributed by atoms with E-state index in [9.17, 15) is 13.2 Å². The molecule has 7 heteroatoms. The van der Waals surface area contributed by atoms with Crippen LogP contribution in [0, 0.1) is 0 Å². The van der Waals surface area contributed by atoms with E-state index in [1.165, 1.54) is 30.3 Å². The molecule has 1 atom stereocenters. The lowest BCUT2D eigenvalue weighted by molar-refractivity contribution is 0.0939. The summed E-state index contributed by atoms with van der Waals surface area (Å²) in [7, 11) is -3.70. The third kappa shape index (κ3) is 4.49. The monoisotopic (exact) mass is 366 g/mol. The molecule has 24 heavy (non-hydrogen) atoms. The Balaban J connectivity index is 2.20. The molecule has 1 amide bonds. The summed E-state index contributed by atoms with van der Waals surface area (Å²) >= 11 is 6.13. The fraction of sp³-hybridized carbons (Fsp3) is 0.235. The Morgan fingerprint density at radius 3 is 2.42 bits per heavy atom. The lowest BCUT2D eigenvalue weighted by atomic mass is 10.1. The van der Waals surface area contributed by atoms with Crippen LogP contribution in [0.3, 0.4) is 0 Å². The molecular formula is C17H19ClN2O3S. The fourth-order valence-electron chi connectivity index (χ4n) is 1.98. The fourth-order valence-corrected chi connectivity index (χ4v) is 3.32. The van der Waals surface area contributed by atoms with Gasteiger partial charge in [-0.05, 0) is 43.7 Å². The summed E-state index contributed by atoms with van der Waals surface area (Å²) in [6.07, 6.45) is 0.804. The van der Waals surface area contributed by atoms with Gasteiger partial charge in [-0.3, -0.25) is 9.52 Å². The van der Waals surface area contributed by atoms with Gasteiger partial charge < -0.3 is 5.32 Å². The first kappa shape index (κ1) is 18.3. The average Bonchev–Trinajstić information content (AvgIpc) is 2.55. The summed E-state index contributed by atoms with van der Waals surface area (Å²) in [5.41, 5.74) is 0.601. The maximum Gasteiger partial charge on any atom is 0.261 e. The van der Waals surface area contributed by atoms with Gasteiger partial charge in [-0.1, -0.05) is 36.7 Å². The highest BCUT2D eigenvalue weighted by Gasteiger charge is 2.16. The van der Waals surface area contributed by atoms with Crippen LogP contribution >= 0.6 is 11.6 Å². The second kappa shape index (κ2) is 7.68. The summed E-state index contributed by atoms with van der Waals surface area (Å²) < 4.78 is 27.0. The quantitative estimate of drug-likeness (QED) is 0.819. The number of rotatable bonds is 6. The number of hydrogen-bond donors (Lipinski definition) is 2. The van der Waals surface area contributed by atoms with Crippen LogP contribution in [0.15, 0.2) is 53.4 Å². The number of benzene rings is 2. The van der Waals surface area contributed by atoms with Crippen LogP contribution in [-0.4, -0.2) is 20.4 Å². The van der Waals surface area contributed by atoms with E-state index in [4.69, 9.17) is 11.6 Å². The van der Waals surface area contributed by atoms with Crippen LogP contribution in [0.1, 0.15) is 30.6 Å². The van der Waals surface area contributed by atoms with Crippen molar-refractivity contribution in [3.05, 3.63) is 59.1 Å². The molecule has 5 nitrogen and oxygen atoms in total. The molecule has 0 radical (unpaired) electrons. The lowest BCUT2D eigenvalue weighted by Crippen LogP contribution is -2.32. The smallest absolute Gasteiger partial charge is 0.261 e. The summed E-state index contributed by atoms with van der Waals surface area (Å²) in [4.78, 5) is 12.3. The highest BCUT2D eigenvalue weighted by Crippen LogP contribution is 2.23. The van der Waals surface area contributed by atoms with Crippen LogP contribution in [0.2, 0.25) is 5.02 Å². The topological polar surface area (TPSA) is 75.3 Å². The molecule has 0 bridgehead atoms. The molecule has 2 aromatic rings. The van der Waals surface area contributed by atoms with Gasteiger partial charge in [-0.2, -0.15) is 0 Å². The van der Waals surface area contributed by atoms with Gasteiger partial charge in [0.15, 0.2) is 0 Å². The second-order valence-corrected chi connectivity index (χ2v) is 7.49. The van der Waals surface area contributed by atoms with Crippen LogP contribution in [-0.2, 0) is 10.0 Å². The SMILES string of the molecule is CC[C@@H](C)NC(=O)c1ccc(NS(=O)(=O)c2ccccc2)cc1Cl. The van der Waals surface area contributed by atoms with Crippen molar-refractivity contribution in [2.45, 2.75) is 31.2 Å². The molecule has 0 heterocycles. The number of hydrogen-bond acceptors (Lipinski definition) is 3. The minimum absolute atomic E-state index is 0.0322. The Bertz CT molecular complexity index is 823. The molecule has 0 aliphatic rings. The predicted molar refractivity (Wildman–Crippen MR) is 95.9 cm³/mol. The third-order valence-electron chi connectivity index (χ3n) is 3.51. The highest BCUT2D eigenvalue weighted by atomic mass is 35.5. The standard InChI is InChI=1S/C17H19ClN2O3S/c1-3-12(2)19-17(21)15-10-9-13(11-16(15)18)20-24(22,23)14-7-5-4-6-8-14/h4-12,20H,3H2,1-2H3,(H,19,21)/t12-/m1/s1. The zero-order chi connectivity index (χ0) is 17.7. The summed E-state index contributed by atoms with van der Waals surface area (Å²) in [5.74, 6) is -0.285. The van der Waals surface area contributed by atoms with E-state index >= 15 is 0 Å². The van der Waals surface area contributed by atoms with Crippen molar-refractivity contribution in [2.75, 3.05) is 4.72 Å². The maximum absolute atomic E-state index is 12.3. The van der Waals surface area contributed by atoms with Crippen molar-refractivity contribution in [1.82, 2.24) is 5.32 Å². The normalized spacial score (nSPS) is 12.5. The Morgan fingerprint density at radius 1 is 1.17 bits per heavy atom. The van der Waals surface area contributed by atoms with E-state index in [1.807, 2.05) is 13.8 Å². The first-order valence-electron chi connectivity index (χ1n) is 7.51. The average molecular weight is 367 g/mol. The lowest BCUT2D eigenvalue weighted by Gasteiger charge is -2.13.